The maximum atomic E-state index is 11.9. The van der Waals surface area contributed by atoms with Gasteiger partial charge in [-0.1, -0.05) is 6.07 Å². The molecule has 1 aromatic rings. The van der Waals surface area contributed by atoms with E-state index in [1.807, 2.05) is 0 Å². The first kappa shape index (κ1) is 9.18. The fourth-order valence-electron chi connectivity index (χ4n) is 1.28. The molecule has 3 nitrogen and oxygen atoms in total. The molecule has 0 unspecified atom stereocenters. The molecule has 72 valence electrons. The first-order valence-electron chi connectivity index (χ1n) is 4.01. The summed E-state index contributed by atoms with van der Waals surface area (Å²) in [5, 5.41) is 10.8. The predicted octanol–water partition coefficient (Wildman–Crippen LogP) is 1.05. The summed E-state index contributed by atoms with van der Waals surface area (Å²) in [7, 11) is -3.27. The van der Waals surface area contributed by atoms with Crippen LogP contribution in [0.4, 0.5) is 0 Å². The fraction of sp³-hybridized carbons (Fsp3) is 0.500. The number of hydrogen-bond donors (Lipinski definition) is 1. The highest BCUT2D eigenvalue weighted by Gasteiger charge is 2.54. The van der Waals surface area contributed by atoms with E-state index < -0.39 is 14.6 Å². The fourth-order valence-corrected chi connectivity index (χ4v) is 4.43. The average molecular weight is 218 g/mol. The monoisotopic (exact) mass is 218 g/mol. The Morgan fingerprint density at radius 2 is 2.23 bits per heavy atom. The van der Waals surface area contributed by atoms with Crippen LogP contribution in [0.15, 0.2) is 21.7 Å². The molecule has 1 aliphatic carbocycles. The van der Waals surface area contributed by atoms with Crippen molar-refractivity contribution < 1.29 is 13.5 Å². The van der Waals surface area contributed by atoms with Crippen molar-refractivity contribution in [1.29, 1.82) is 0 Å². The zero-order valence-corrected chi connectivity index (χ0v) is 8.57. The normalized spacial score (nSPS) is 20.1. The predicted molar refractivity (Wildman–Crippen MR) is 50.6 cm³/mol. The quantitative estimate of drug-likeness (QED) is 0.825. The Labute approximate surface area is 80.9 Å². The highest BCUT2D eigenvalue weighted by molar-refractivity contribution is 7.95. The highest BCUT2D eigenvalue weighted by Crippen LogP contribution is 2.47. The summed E-state index contributed by atoms with van der Waals surface area (Å²) < 4.78 is 23.2. The lowest BCUT2D eigenvalue weighted by atomic mass is 10.5. The van der Waals surface area contributed by atoms with Crippen LogP contribution < -0.4 is 0 Å². The maximum Gasteiger partial charge on any atom is 0.195 e. The van der Waals surface area contributed by atoms with Crippen LogP contribution in [0.1, 0.15) is 12.8 Å². The molecule has 0 aliphatic heterocycles. The molecule has 0 radical (unpaired) electrons. The van der Waals surface area contributed by atoms with Gasteiger partial charge in [0.05, 0.1) is 6.61 Å². The zero-order valence-electron chi connectivity index (χ0n) is 6.93. The first-order chi connectivity index (χ1) is 6.12. The summed E-state index contributed by atoms with van der Waals surface area (Å²) in [5.74, 6) is 0. The van der Waals surface area contributed by atoms with Crippen LogP contribution in [0.25, 0.3) is 0 Å². The lowest BCUT2D eigenvalue weighted by molar-refractivity contribution is 0.283. The summed E-state index contributed by atoms with van der Waals surface area (Å²) >= 11 is 1.21. The topological polar surface area (TPSA) is 54.4 Å². The van der Waals surface area contributed by atoms with Crippen LogP contribution in [0.5, 0.6) is 0 Å². The van der Waals surface area contributed by atoms with E-state index in [1.54, 1.807) is 17.5 Å². The van der Waals surface area contributed by atoms with Crippen LogP contribution in [0.2, 0.25) is 0 Å². The minimum Gasteiger partial charge on any atom is -0.395 e. The first-order valence-corrected chi connectivity index (χ1v) is 6.38. The molecule has 1 heterocycles. The Morgan fingerprint density at radius 3 is 2.62 bits per heavy atom. The molecule has 0 bridgehead atoms. The molecular weight excluding hydrogens is 208 g/mol. The summed E-state index contributed by atoms with van der Waals surface area (Å²) in [6.45, 7) is -0.257. The van der Waals surface area contributed by atoms with Crippen molar-refractivity contribution in [2.75, 3.05) is 6.61 Å². The van der Waals surface area contributed by atoms with Crippen LogP contribution >= 0.6 is 11.3 Å². The van der Waals surface area contributed by atoms with Gasteiger partial charge >= 0.3 is 0 Å². The smallest absolute Gasteiger partial charge is 0.195 e. The van der Waals surface area contributed by atoms with E-state index in [0.717, 1.165) is 0 Å². The van der Waals surface area contributed by atoms with Gasteiger partial charge in [0, 0.05) is 0 Å². The summed E-state index contributed by atoms with van der Waals surface area (Å²) in [6.07, 6.45) is 1.17. The third-order valence-electron chi connectivity index (χ3n) is 2.43. The van der Waals surface area contributed by atoms with Gasteiger partial charge in [-0.25, -0.2) is 8.42 Å². The Morgan fingerprint density at radius 1 is 1.54 bits per heavy atom. The standard InChI is InChI=1S/C8H10O3S2/c9-6-8(3-4-8)13(10,11)7-2-1-5-12-7/h1-2,5,9H,3-4,6H2. The molecule has 0 spiro atoms. The molecule has 13 heavy (non-hydrogen) atoms. The van der Waals surface area contributed by atoms with E-state index in [-0.39, 0.29) is 6.61 Å². The Kier molecular flexibility index (Phi) is 1.98. The van der Waals surface area contributed by atoms with Gasteiger partial charge < -0.3 is 5.11 Å². The van der Waals surface area contributed by atoms with Crippen molar-refractivity contribution in [3.63, 3.8) is 0 Å². The number of aliphatic hydroxyl groups excluding tert-OH is 1. The van der Waals surface area contributed by atoms with Gasteiger partial charge in [-0.05, 0) is 24.3 Å². The van der Waals surface area contributed by atoms with E-state index in [9.17, 15) is 8.42 Å². The van der Waals surface area contributed by atoms with E-state index in [0.29, 0.717) is 17.1 Å². The number of hydrogen-bond acceptors (Lipinski definition) is 4. The largest absolute Gasteiger partial charge is 0.395 e. The van der Waals surface area contributed by atoms with Gasteiger partial charge in [-0.3, -0.25) is 0 Å². The van der Waals surface area contributed by atoms with Gasteiger partial charge in [-0.15, -0.1) is 11.3 Å². The van der Waals surface area contributed by atoms with E-state index >= 15 is 0 Å². The molecule has 5 heteroatoms. The summed E-state index contributed by atoms with van der Waals surface area (Å²) in [4.78, 5) is 0. The van der Waals surface area contributed by atoms with Crippen LogP contribution in [0, 0.1) is 0 Å². The lowest BCUT2D eigenvalue weighted by Crippen LogP contribution is -2.26. The third kappa shape index (κ3) is 1.22. The molecule has 1 aliphatic rings. The van der Waals surface area contributed by atoms with Crippen molar-refractivity contribution in [2.45, 2.75) is 21.8 Å². The number of thiophene rings is 1. The molecule has 1 aromatic heterocycles. The van der Waals surface area contributed by atoms with Crippen molar-refractivity contribution >= 4 is 21.2 Å². The number of sulfone groups is 1. The van der Waals surface area contributed by atoms with Gasteiger partial charge in [0.25, 0.3) is 0 Å². The van der Waals surface area contributed by atoms with E-state index in [2.05, 4.69) is 0 Å². The molecule has 0 saturated heterocycles. The Balaban J connectivity index is 2.43. The summed E-state index contributed by atoms with van der Waals surface area (Å²) in [6, 6.07) is 3.31. The van der Waals surface area contributed by atoms with Crippen LogP contribution in [-0.2, 0) is 9.84 Å². The minimum absolute atomic E-state index is 0.257. The van der Waals surface area contributed by atoms with Crippen molar-refractivity contribution in [3.8, 4) is 0 Å². The van der Waals surface area contributed by atoms with Crippen LogP contribution in [0.3, 0.4) is 0 Å². The van der Waals surface area contributed by atoms with Gasteiger partial charge in [-0.2, -0.15) is 0 Å². The Bertz CT molecular complexity index is 387. The molecule has 0 aromatic carbocycles. The second-order valence-electron chi connectivity index (χ2n) is 3.28. The van der Waals surface area contributed by atoms with E-state index in [1.165, 1.54) is 11.3 Å². The van der Waals surface area contributed by atoms with Crippen LogP contribution in [-0.4, -0.2) is 24.9 Å². The molecule has 0 atom stereocenters. The molecule has 1 fully saturated rings. The molecule has 1 N–H and O–H groups in total. The zero-order chi connectivity index (χ0) is 9.53. The van der Waals surface area contributed by atoms with Crippen molar-refractivity contribution in [2.24, 2.45) is 0 Å². The van der Waals surface area contributed by atoms with E-state index in [4.69, 9.17) is 5.11 Å². The minimum atomic E-state index is -3.27. The molecule has 0 amide bonds. The lowest BCUT2D eigenvalue weighted by Gasteiger charge is -2.10. The summed E-state index contributed by atoms with van der Waals surface area (Å²) in [5.41, 5.74) is 0. The van der Waals surface area contributed by atoms with Crippen molar-refractivity contribution in [3.05, 3.63) is 17.5 Å². The van der Waals surface area contributed by atoms with Gasteiger partial charge in [0.2, 0.25) is 0 Å². The maximum absolute atomic E-state index is 11.9. The van der Waals surface area contributed by atoms with Gasteiger partial charge in [0.1, 0.15) is 8.96 Å². The highest BCUT2D eigenvalue weighted by atomic mass is 32.2. The second kappa shape index (κ2) is 2.80. The third-order valence-corrected chi connectivity index (χ3v) is 6.38. The average Bonchev–Trinajstić information content (AvgIpc) is 2.72. The van der Waals surface area contributed by atoms with Gasteiger partial charge in [0.15, 0.2) is 9.84 Å². The molecule has 2 rings (SSSR count). The molecular formula is C8H10O3S2. The second-order valence-corrected chi connectivity index (χ2v) is 6.80. The SMILES string of the molecule is O=S(=O)(c1cccs1)C1(CO)CC1. The van der Waals surface area contributed by atoms with Crippen molar-refractivity contribution in [1.82, 2.24) is 0 Å². The number of aliphatic hydroxyl groups is 1. The molecule has 1 saturated carbocycles. The number of rotatable bonds is 3. The Hall–Kier alpha value is -0.390.